The highest BCUT2D eigenvalue weighted by Gasteiger charge is 2.20. The van der Waals surface area contributed by atoms with Crippen LogP contribution in [0.5, 0.6) is 5.75 Å². The average Bonchev–Trinajstić information content (AvgIpc) is 3.37. The lowest BCUT2D eigenvalue weighted by Gasteiger charge is -2.23. The monoisotopic (exact) mass is 497 g/mol. The Hall–Kier alpha value is -2.98. The standard InChI is InChI=1S/C25H27N3O4S2/c1-27(2)17-22-24(18-8-5-4-6-9-18)21-16-19(32-3)11-12-20(21)25(29)28(22)14-13-26-34(30,31)23-10-7-15-33-23/h4-12,15-16,26H,13-14,17H2,1-3H3. The van der Waals surface area contributed by atoms with E-state index in [1.807, 2.05) is 55.4 Å². The molecule has 0 amide bonds. The zero-order chi connectivity index (χ0) is 24.3. The third kappa shape index (κ3) is 4.92. The lowest BCUT2D eigenvalue weighted by Crippen LogP contribution is -2.33. The van der Waals surface area contributed by atoms with Crippen LogP contribution in [-0.2, 0) is 23.1 Å². The van der Waals surface area contributed by atoms with Crippen molar-refractivity contribution in [2.24, 2.45) is 0 Å². The van der Waals surface area contributed by atoms with Gasteiger partial charge < -0.3 is 14.2 Å². The van der Waals surface area contributed by atoms with Crippen molar-refractivity contribution in [3.8, 4) is 16.9 Å². The van der Waals surface area contributed by atoms with Crippen molar-refractivity contribution >= 4 is 32.1 Å². The summed E-state index contributed by atoms with van der Waals surface area (Å²) >= 11 is 1.16. The van der Waals surface area contributed by atoms with Crippen LogP contribution in [0, 0.1) is 0 Å². The number of hydrogen-bond donors (Lipinski definition) is 1. The molecule has 0 saturated heterocycles. The molecule has 0 aliphatic rings. The molecule has 0 atom stereocenters. The number of benzene rings is 2. The highest BCUT2D eigenvalue weighted by Crippen LogP contribution is 2.33. The summed E-state index contributed by atoms with van der Waals surface area (Å²) in [4.78, 5) is 15.6. The van der Waals surface area contributed by atoms with E-state index in [1.165, 1.54) is 0 Å². The van der Waals surface area contributed by atoms with Crippen molar-refractivity contribution in [1.29, 1.82) is 0 Å². The van der Waals surface area contributed by atoms with Crippen molar-refractivity contribution in [2.75, 3.05) is 27.7 Å². The van der Waals surface area contributed by atoms with Gasteiger partial charge in [0, 0.05) is 41.7 Å². The van der Waals surface area contributed by atoms with E-state index >= 15 is 0 Å². The van der Waals surface area contributed by atoms with E-state index in [9.17, 15) is 13.2 Å². The molecule has 4 rings (SSSR count). The molecule has 2 heterocycles. The number of methoxy groups -OCH3 is 1. The second kappa shape index (κ2) is 10.1. The summed E-state index contributed by atoms with van der Waals surface area (Å²) in [5, 5.41) is 3.09. The van der Waals surface area contributed by atoms with Gasteiger partial charge in [0.2, 0.25) is 10.0 Å². The molecule has 0 saturated carbocycles. The summed E-state index contributed by atoms with van der Waals surface area (Å²) in [6, 6.07) is 18.6. The predicted molar refractivity (Wildman–Crippen MR) is 137 cm³/mol. The van der Waals surface area contributed by atoms with Crippen LogP contribution >= 0.6 is 11.3 Å². The van der Waals surface area contributed by atoms with Crippen LogP contribution in [-0.4, -0.2) is 45.6 Å². The van der Waals surface area contributed by atoms with Crippen molar-refractivity contribution in [1.82, 2.24) is 14.2 Å². The number of ether oxygens (including phenoxy) is 1. The Morgan fingerprint density at radius 3 is 2.44 bits per heavy atom. The largest absolute Gasteiger partial charge is 0.497 e. The Labute approximate surface area is 203 Å². The molecule has 7 nitrogen and oxygen atoms in total. The number of pyridine rings is 1. The normalized spacial score (nSPS) is 11.9. The van der Waals surface area contributed by atoms with Crippen molar-refractivity contribution in [3.63, 3.8) is 0 Å². The van der Waals surface area contributed by atoms with Gasteiger partial charge in [-0.2, -0.15) is 0 Å². The number of nitrogens with zero attached hydrogens (tertiary/aromatic N) is 2. The number of thiophene rings is 1. The molecule has 0 radical (unpaired) electrons. The van der Waals surface area contributed by atoms with Crippen molar-refractivity contribution < 1.29 is 13.2 Å². The minimum absolute atomic E-state index is 0.0937. The van der Waals surface area contributed by atoms with Crippen LogP contribution in [0.15, 0.2) is 75.0 Å². The van der Waals surface area contributed by atoms with E-state index in [0.29, 0.717) is 17.7 Å². The first-order valence-corrected chi connectivity index (χ1v) is 13.1. The van der Waals surface area contributed by atoms with Gasteiger partial charge in [-0.15, -0.1) is 11.3 Å². The third-order valence-corrected chi connectivity index (χ3v) is 8.36. The molecular formula is C25H27N3O4S2. The van der Waals surface area contributed by atoms with Gasteiger partial charge in [0.15, 0.2) is 0 Å². The molecule has 178 valence electrons. The topological polar surface area (TPSA) is 80.6 Å². The summed E-state index contributed by atoms with van der Waals surface area (Å²) in [7, 11) is 1.87. The lowest BCUT2D eigenvalue weighted by atomic mass is 9.96. The molecule has 0 bridgehead atoms. The van der Waals surface area contributed by atoms with Crippen LogP contribution in [0.2, 0.25) is 0 Å². The number of rotatable bonds is 9. The second-order valence-corrected chi connectivity index (χ2v) is 11.1. The Bertz CT molecular complexity index is 1450. The fourth-order valence-corrected chi connectivity index (χ4v) is 6.07. The molecule has 0 aliphatic heterocycles. The van der Waals surface area contributed by atoms with E-state index in [4.69, 9.17) is 4.74 Å². The summed E-state index contributed by atoms with van der Waals surface area (Å²) in [5.41, 5.74) is 2.57. The van der Waals surface area contributed by atoms with Gasteiger partial charge in [0.05, 0.1) is 7.11 Å². The number of hydrogen-bond acceptors (Lipinski definition) is 6. The fraction of sp³-hybridized carbons (Fsp3) is 0.240. The summed E-state index contributed by atoms with van der Waals surface area (Å²) in [5.74, 6) is 0.668. The van der Waals surface area contributed by atoms with Crippen LogP contribution in [0.3, 0.4) is 0 Å². The Morgan fingerprint density at radius 1 is 1.03 bits per heavy atom. The molecule has 0 unspecified atom stereocenters. The summed E-state index contributed by atoms with van der Waals surface area (Å²) in [6.07, 6.45) is 0. The molecule has 0 aliphatic carbocycles. The van der Waals surface area contributed by atoms with Gasteiger partial charge in [-0.05, 0) is 49.3 Å². The molecule has 34 heavy (non-hydrogen) atoms. The van der Waals surface area contributed by atoms with Crippen LogP contribution in [0.25, 0.3) is 21.9 Å². The molecular weight excluding hydrogens is 470 g/mol. The SMILES string of the molecule is COc1ccc2c(=O)n(CCNS(=O)(=O)c3cccs3)c(CN(C)C)c(-c3ccccc3)c2c1. The predicted octanol–water partition coefficient (Wildman–Crippen LogP) is 3.78. The maximum absolute atomic E-state index is 13.6. The fourth-order valence-electron chi connectivity index (χ4n) is 4.01. The van der Waals surface area contributed by atoms with Gasteiger partial charge in [-0.1, -0.05) is 36.4 Å². The smallest absolute Gasteiger partial charge is 0.258 e. The molecule has 4 aromatic rings. The second-order valence-electron chi connectivity index (χ2n) is 8.12. The first kappa shape index (κ1) is 24.2. The number of fused-ring (bicyclic) bond motifs is 1. The van der Waals surface area contributed by atoms with Gasteiger partial charge in [-0.25, -0.2) is 13.1 Å². The molecule has 1 N–H and O–H groups in total. The molecule has 9 heteroatoms. The number of aromatic nitrogens is 1. The average molecular weight is 498 g/mol. The zero-order valence-corrected chi connectivity index (χ0v) is 20.9. The maximum atomic E-state index is 13.6. The molecule has 0 fully saturated rings. The van der Waals surface area contributed by atoms with Crippen LogP contribution < -0.4 is 15.0 Å². The van der Waals surface area contributed by atoms with Crippen molar-refractivity contribution in [2.45, 2.75) is 17.3 Å². The van der Waals surface area contributed by atoms with Gasteiger partial charge in [0.1, 0.15) is 9.96 Å². The van der Waals surface area contributed by atoms with Crippen LogP contribution in [0.1, 0.15) is 5.69 Å². The Balaban J connectivity index is 1.87. The molecule has 2 aromatic carbocycles. The lowest BCUT2D eigenvalue weighted by molar-refractivity contribution is 0.385. The third-order valence-electron chi connectivity index (χ3n) is 5.50. The van der Waals surface area contributed by atoms with Crippen molar-refractivity contribution in [3.05, 3.63) is 82.1 Å². The summed E-state index contributed by atoms with van der Waals surface area (Å²) in [6.45, 7) is 0.801. The first-order chi connectivity index (χ1) is 16.3. The Morgan fingerprint density at radius 2 is 1.79 bits per heavy atom. The minimum Gasteiger partial charge on any atom is -0.497 e. The number of sulfonamides is 1. The number of nitrogens with one attached hydrogen (secondary N) is 1. The molecule has 0 spiro atoms. The van der Waals surface area contributed by atoms with Crippen LogP contribution in [0.4, 0.5) is 0 Å². The van der Waals surface area contributed by atoms with E-state index in [2.05, 4.69) is 4.72 Å². The van der Waals surface area contributed by atoms with Gasteiger partial charge in [0.25, 0.3) is 5.56 Å². The minimum atomic E-state index is -3.62. The van der Waals surface area contributed by atoms with Gasteiger partial charge in [-0.3, -0.25) is 4.79 Å². The Kier molecular flexibility index (Phi) is 7.18. The van der Waals surface area contributed by atoms with E-state index in [0.717, 1.165) is 33.5 Å². The quantitative estimate of drug-likeness (QED) is 0.381. The zero-order valence-electron chi connectivity index (χ0n) is 19.3. The molecule has 2 aromatic heterocycles. The van der Waals surface area contributed by atoms with E-state index < -0.39 is 10.0 Å². The highest BCUT2D eigenvalue weighted by atomic mass is 32.2. The highest BCUT2D eigenvalue weighted by molar-refractivity contribution is 7.91. The summed E-state index contributed by atoms with van der Waals surface area (Å²) < 4.78 is 35.2. The van der Waals surface area contributed by atoms with E-state index in [1.54, 1.807) is 41.3 Å². The van der Waals surface area contributed by atoms with Gasteiger partial charge >= 0.3 is 0 Å². The maximum Gasteiger partial charge on any atom is 0.258 e. The van der Waals surface area contributed by atoms with E-state index in [-0.39, 0.29) is 22.9 Å². The first-order valence-electron chi connectivity index (χ1n) is 10.8.